The van der Waals surface area contributed by atoms with Crippen LogP contribution in [-0.4, -0.2) is 19.0 Å². The molecule has 0 aromatic heterocycles. The van der Waals surface area contributed by atoms with E-state index < -0.39 is 19.0 Å². The van der Waals surface area contributed by atoms with E-state index in [0.717, 1.165) is 0 Å². The Kier molecular flexibility index (Phi) is 3.62. The summed E-state index contributed by atoms with van der Waals surface area (Å²) in [6.45, 7) is 0.270. The molecule has 0 aliphatic rings. The number of nitrogens with two attached hydrogens (primary N) is 1. The molecule has 0 heterocycles. The van der Waals surface area contributed by atoms with Gasteiger partial charge in [-0.25, -0.2) is 8.78 Å². The number of benzene rings is 1. The maximum Gasteiger partial charge on any atom is 0.340 e. The van der Waals surface area contributed by atoms with Gasteiger partial charge in [0.1, 0.15) is 5.75 Å². The van der Waals surface area contributed by atoms with E-state index in [1.807, 2.05) is 0 Å². The van der Waals surface area contributed by atoms with E-state index in [0.29, 0.717) is 5.56 Å². The minimum atomic E-state index is -4.17. The first-order valence-electron chi connectivity index (χ1n) is 4.48. The van der Waals surface area contributed by atoms with Crippen molar-refractivity contribution in [2.75, 3.05) is 12.3 Å². The molecule has 0 atom stereocenters. The van der Waals surface area contributed by atoms with Crippen molar-refractivity contribution in [2.45, 2.75) is 19.3 Å². The zero-order chi connectivity index (χ0) is 12.3. The van der Waals surface area contributed by atoms with Crippen LogP contribution in [0, 0.1) is 6.92 Å². The SMILES string of the molecule is Cc1cccc(OCC(F)(F)C(F)F)c1N. The molecule has 1 aromatic rings. The number of aryl methyl sites for hydroxylation is 1. The Balaban J connectivity index is 2.72. The van der Waals surface area contributed by atoms with Gasteiger partial charge in [0.05, 0.1) is 5.69 Å². The zero-order valence-corrected chi connectivity index (χ0v) is 8.51. The van der Waals surface area contributed by atoms with Crippen molar-refractivity contribution in [1.29, 1.82) is 0 Å². The molecule has 0 fully saturated rings. The summed E-state index contributed by atoms with van der Waals surface area (Å²) in [7, 11) is 0. The van der Waals surface area contributed by atoms with Gasteiger partial charge in [0.25, 0.3) is 0 Å². The van der Waals surface area contributed by atoms with Crippen LogP contribution < -0.4 is 10.5 Å². The predicted molar refractivity (Wildman–Crippen MR) is 52.0 cm³/mol. The number of ether oxygens (including phenoxy) is 1. The lowest BCUT2D eigenvalue weighted by molar-refractivity contribution is -0.148. The minimum Gasteiger partial charge on any atom is -0.485 e. The average molecular weight is 237 g/mol. The number of nitrogen functional groups attached to an aromatic ring is 1. The first kappa shape index (κ1) is 12.6. The van der Waals surface area contributed by atoms with E-state index in [1.54, 1.807) is 19.1 Å². The first-order valence-corrected chi connectivity index (χ1v) is 4.48. The summed E-state index contributed by atoms with van der Waals surface area (Å²) in [6.07, 6.45) is -3.75. The molecule has 0 aliphatic heterocycles. The Morgan fingerprint density at radius 1 is 1.38 bits per heavy atom. The van der Waals surface area contributed by atoms with Gasteiger partial charge in [-0.1, -0.05) is 12.1 Å². The molecule has 2 N–H and O–H groups in total. The normalized spacial score (nSPS) is 11.9. The van der Waals surface area contributed by atoms with Gasteiger partial charge >= 0.3 is 12.3 Å². The smallest absolute Gasteiger partial charge is 0.340 e. The number of para-hydroxylation sites is 1. The maximum atomic E-state index is 12.5. The van der Waals surface area contributed by atoms with Crippen LogP contribution in [0.25, 0.3) is 0 Å². The van der Waals surface area contributed by atoms with Crippen molar-refractivity contribution < 1.29 is 22.3 Å². The fourth-order valence-corrected chi connectivity index (χ4v) is 1.02. The lowest BCUT2D eigenvalue weighted by Gasteiger charge is -2.17. The number of hydrogen-bond donors (Lipinski definition) is 1. The van der Waals surface area contributed by atoms with Crippen molar-refractivity contribution in [3.8, 4) is 5.75 Å². The van der Waals surface area contributed by atoms with Gasteiger partial charge in [-0.2, -0.15) is 8.78 Å². The third-order valence-electron chi connectivity index (χ3n) is 2.02. The monoisotopic (exact) mass is 237 g/mol. The molecular weight excluding hydrogens is 226 g/mol. The summed E-state index contributed by atoms with van der Waals surface area (Å²) in [5.74, 6) is -4.18. The highest BCUT2D eigenvalue weighted by Gasteiger charge is 2.41. The molecule has 0 radical (unpaired) electrons. The lowest BCUT2D eigenvalue weighted by Crippen LogP contribution is -2.33. The summed E-state index contributed by atoms with van der Waals surface area (Å²) >= 11 is 0. The van der Waals surface area contributed by atoms with Gasteiger partial charge in [-0.15, -0.1) is 0 Å². The van der Waals surface area contributed by atoms with Crippen LogP contribution in [-0.2, 0) is 0 Å². The number of anilines is 1. The Hall–Kier alpha value is -1.46. The van der Waals surface area contributed by atoms with Crippen LogP contribution in [0.4, 0.5) is 23.2 Å². The number of hydrogen-bond acceptors (Lipinski definition) is 2. The highest BCUT2D eigenvalue weighted by Crippen LogP contribution is 2.28. The van der Waals surface area contributed by atoms with Crippen LogP contribution in [0.15, 0.2) is 18.2 Å². The van der Waals surface area contributed by atoms with E-state index in [1.165, 1.54) is 6.07 Å². The standard InChI is InChI=1S/C10H11F4NO/c1-6-3-2-4-7(8(6)15)16-5-10(13,14)9(11)12/h2-4,9H,5,15H2,1H3. The second-order valence-corrected chi connectivity index (χ2v) is 3.34. The van der Waals surface area contributed by atoms with Crippen molar-refractivity contribution in [3.05, 3.63) is 23.8 Å². The molecule has 0 aliphatic carbocycles. The zero-order valence-electron chi connectivity index (χ0n) is 8.51. The highest BCUT2D eigenvalue weighted by molar-refractivity contribution is 5.57. The number of alkyl halides is 4. The first-order chi connectivity index (χ1) is 7.34. The van der Waals surface area contributed by atoms with E-state index in [2.05, 4.69) is 4.74 Å². The second-order valence-electron chi connectivity index (χ2n) is 3.34. The molecule has 0 unspecified atom stereocenters. The number of rotatable bonds is 4. The fraction of sp³-hybridized carbons (Fsp3) is 0.400. The molecule has 1 rings (SSSR count). The summed E-state index contributed by atoms with van der Waals surface area (Å²) in [5.41, 5.74) is 6.34. The van der Waals surface area contributed by atoms with Gasteiger partial charge in [-0.3, -0.25) is 0 Å². The summed E-state index contributed by atoms with van der Waals surface area (Å²) in [5, 5.41) is 0. The van der Waals surface area contributed by atoms with Crippen molar-refractivity contribution in [2.24, 2.45) is 0 Å². The van der Waals surface area contributed by atoms with E-state index in [-0.39, 0.29) is 11.4 Å². The molecule has 0 spiro atoms. The van der Waals surface area contributed by atoms with Crippen molar-refractivity contribution >= 4 is 5.69 Å². The number of halogens is 4. The van der Waals surface area contributed by atoms with E-state index in [4.69, 9.17) is 5.73 Å². The third kappa shape index (κ3) is 2.77. The molecule has 90 valence electrons. The Morgan fingerprint density at radius 2 is 2.00 bits per heavy atom. The molecule has 16 heavy (non-hydrogen) atoms. The molecule has 0 saturated carbocycles. The van der Waals surface area contributed by atoms with Crippen molar-refractivity contribution in [3.63, 3.8) is 0 Å². The largest absolute Gasteiger partial charge is 0.485 e. The quantitative estimate of drug-likeness (QED) is 0.645. The molecule has 0 amide bonds. The van der Waals surface area contributed by atoms with Gasteiger partial charge in [0.15, 0.2) is 6.61 Å². The average Bonchev–Trinajstić information content (AvgIpc) is 2.20. The summed E-state index contributed by atoms with van der Waals surface area (Å²) in [6, 6.07) is 4.55. The second kappa shape index (κ2) is 4.59. The molecule has 1 aromatic carbocycles. The Bertz CT molecular complexity index is 368. The van der Waals surface area contributed by atoms with Gasteiger partial charge in [-0.05, 0) is 18.6 Å². The lowest BCUT2D eigenvalue weighted by atomic mass is 10.2. The molecular formula is C10H11F4NO. The van der Waals surface area contributed by atoms with Crippen molar-refractivity contribution in [1.82, 2.24) is 0 Å². The van der Waals surface area contributed by atoms with Crippen LogP contribution >= 0.6 is 0 Å². The third-order valence-corrected chi connectivity index (χ3v) is 2.02. The minimum absolute atomic E-state index is 0.0136. The fourth-order valence-electron chi connectivity index (χ4n) is 1.02. The Morgan fingerprint density at radius 3 is 2.56 bits per heavy atom. The molecule has 0 bridgehead atoms. The Labute approximate surface area is 90.0 Å². The van der Waals surface area contributed by atoms with Crippen LogP contribution in [0.1, 0.15) is 5.56 Å². The van der Waals surface area contributed by atoms with Crippen LogP contribution in [0.5, 0.6) is 5.75 Å². The summed E-state index contributed by atoms with van der Waals surface area (Å²) in [4.78, 5) is 0. The van der Waals surface area contributed by atoms with E-state index >= 15 is 0 Å². The predicted octanol–water partition coefficient (Wildman–Crippen LogP) is 2.86. The molecule has 6 heteroatoms. The van der Waals surface area contributed by atoms with E-state index in [9.17, 15) is 17.6 Å². The summed E-state index contributed by atoms with van der Waals surface area (Å²) < 4.78 is 53.4. The van der Waals surface area contributed by atoms with Gasteiger partial charge < -0.3 is 10.5 Å². The topological polar surface area (TPSA) is 35.2 Å². The van der Waals surface area contributed by atoms with Crippen LogP contribution in [0.3, 0.4) is 0 Å². The maximum absolute atomic E-state index is 12.5. The highest BCUT2D eigenvalue weighted by atomic mass is 19.3. The van der Waals surface area contributed by atoms with Gasteiger partial charge in [0.2, 0.25) is 0 Å². The van der Waals surface area contributed by atoms with Gasteiger partial charge in [0, 0.05) is 0 Å². The van der Waals surface area contributed by atoms with Crippen LogP contribution in [0.2, 0.25) is 0 Å². The molecule has 0 saturated heterocycles. The molecule has 2 nitrogen and oxygen atoms in total.